The molecule has 1 fully saturated rings. The van der Waals surface area contributed by atoms with Crippen molar-refractivity contribution in [3.8, 4) is 5.75 Å². The maximum atomic E-state index is 12.7. The van der Waals surface area contributed by atoms with E-state index in [1.165, 1.54) is 11.4 Å². The second-order valence-electron chi connectivity index (χ2n) is 5.35. The molecule has 0 aliphatic carbocycles. The first kappa shape index (κ1) is 18.0. The molecule has 0 amide bonds. The number of ether oxygens (including phenoxy) is 1. The fourth-order valence-corrected chi connectivity index (χ4v) is 4.18. The third-order valence-corrected chi connectivity index (χ3v) is 5.80. The molecule has 0 atom stereocenters. The molecule has 2 N–H and O–H groups in total. The Balaban J connectivity index is 2.26. The zero-order chi connectivity index (χ0) is 16.9. The lowest BCUT2D eigenvalue weighted by molar-refractivity contribution is 0.416. The second-order valence-corrected chi connectivity index (χ2v) is 7.70. The summed E-state index contributed by atoms with van der Waals surface area (Å²) < 4.78 is 32.1. The number of methoxy groups -OCH3 is 1. The predicted molar refractivity (Wildman–Crippen MR) is 95.5 cm³/mol. The summed E-state index contributed by atoms with van der Waals surface area (Å²) in [6, 6.07) is 4.79. The summed E-state index contributed by atoms with van der Waals surface area (Å²) in [4.78, 5) is 0.251. The number of anilines is 1. The van der Waals surface area contributed by atoms with Crippen molar-refractivity contribution in [1.82, 2.24) is 9.62 Å². The van der Waals surface area contributed by atoms with Gasteiger partial charge in [-0.1, -0.05) is 6.92 Å². The minimum atomic E-state index is -3.46. The topological polar surface area (TPSA) is 70.7 Å². The molecule has 1 saturated heterocycles. The second kappa shape index (κ2) is 7.94. The van der Waals surface area contributed by atoms with Crippen LogP contribution in [0.15, 0.2) is 23.1 Å². The first-order chi connectivity index (χ1) is 11.0. The van der Waals surface area contributed by atoms with Gasteiger partial charge in [0.2, 0.25) is 10.0 Å². The molecule has 1 heterocycles. The summed E-state index contributed by atoms with van der Waals surface area (Å²) in [5.41, 5.74) is 0.543. The number of hydrogen-bond donors (Lipinski definition) is 2. The van der Waals surface area contributed by atoms with Crippen LogP contribution in [0.25, 0.3) is 0 Å². The molecule has 128 valence electrons. The number of hydrogen-bond acceptors (Lipinski definition) is 4. The molecule has 0 spiro atoms. The van der Waals surface area contributed by atoms with Crippen molar-refractivity contribution in [1.29, 1.82) is 0 Å². The lowest BCUT2D eigenvalue weighted by Crippen LogP contribution is -2.30. The Morgan fingerprint density at radius 3 is 2.65 bits per heavy atom. The average molecular weight is 358 g/mol. The van der Waals surface area contributed by atoms with Crippen LogP contribution in [-0.4, -0.2) is 44.6 Å². The third-order valence-electron chi connectivity index (χ3n) is 3.66. The fourth-order valence-electron chi connectivity index (χ4n) is 2.43. The molecule has 1 aliphatic rings. The number of rotatable bonds is 6. The van der Waals surface area contributed by atoms with E-state index in [4.69, 9.17) is 17.0 Å². The third kappa shape index (κ3) is 4.33. The molecule has 0 bridgehead atoms. The lowest BCUT2D eigenvalue weighted by Gasteiger charge is -2.18. The van der Waals surface area contributed by atoms with Gasteiger partial charge in [-0.25, -0.2) is 8.42 Å². The standard InChI is InChI=1S/C15H23N3O3S2/c1-3-8-16-15(22)17-13-11-12(6-7-14(13)21-2)23(19,20)18-9-4-5-10-18/h6-7,11H,3-5,8-10H2,1-2H3,(H2,16,17,22). The molecule has 6 nitrogen and oxygen atoms in total. The summed E-state index contributed by atoms with van der Waals surface area (Å²) in [5.74, 6) is 0.547. The molecule has 0 radical (unpaired) electrons. The van der Waals surface area contributed by atoms with Gasteiger partial charge < -0.3 is 15.4 Å². The van der Waals surface area contributed by atoms with Gasteiger partial charge in [0.15, 0.2) is 5.11 Å². The van der Waals surface area contributed by atoms with Gasteiger partial charge in [0, 0.05) is 19.6 Å². The van der Waals surface area contributed by atoms with E-state index in [1.54, 1.807) is 18.2 Å². The van der Waals surface area contributed by atoms with Crippen LogP contribution in [0, 0.1) is 0 Å². The molecule has 8 heteroatoms. The maximum Gasteiger partial charge on any atom is 0.243 e. The predicted octanol–water partition coefficient (Wildman–Crippen LogP) is 2.18. The van der Waals surface area contributed by atoms with Crippen LogP contribution in [0.3, 0.4) is 0 Å². The highest BCUT2D eigenvalue weighted by Crippen LogP contribution is 2.30. The van der Waals surface area contributed by atoms with Crippen LogP contribution in [0.5, 0.6) is 5.75 Å². The molecular formula is C15H23N3O3S2. The largest absolute Gasteiger partial charge is 0.495 e. The number of nitrogens with one attached hydrogen (secondary N) is 2. The minimum Gasteiger partial charge on any atom is -0.495 e. The van der Waals surface area contributed by atoms with E-state index in [1.807, 2.05) is 6.92 Å². The fraction of sp³-hybridized carbons (Fsp3) is 0.533. The van der Waals surface area contributed by atoms with Gasteiger partial charge in [0.25, 0.3) is 0 Å². The Morgan fingerprint density at radius 1 is 1.35 bits per heavy atom. The van der Waals surface area contributed by atoms with Crippen LogP contribution in [-0.2, 0) is 10.0 Å². The van der Waals surface area contributed by atoms with Gasteiger partial charge in [0.1, 0.15) is 5.75 Å². The van der Waals surface area contributed by atoms with Crippen molar-refractivity contribution in [2.45, 2.75) is 31.1 Å². The zero-order valence-electron chi connectivity index (χ0n) is 13.5. The van der Waals surface area contributed by atoms with Gasteiger partial charge in [-0.05, 0) is 49.7 Å². The highest BCUT2D eigenvalue weighted by atomic mass is 32.2. The van der Waals surface area contributed by atoms with Gasteiger partial charge in [-0.2, -0.15) is 4.31 Å². The molecule has 0 saturated carbocycles. The van der Waals surface area contributed by atoms with Crippen molar-refractivity contribution in [3.63, 3.8) is 0 Å². The van der Waals surface area contributed by atoms with Crippen molar-refractivity contribution in [3.05, 3.63) is 18.2 Å². The number of sulfonamides is 1. The minimum absolute atomic E-state index is 0.251. The van der Waals surface area contributed by atoms with Crippen LogP contribution in [0.4, 0.5) is 5.69 Å². The summed E-state index contributed by atoms with van der Waals surface area (Å²) in [6.45, 7) is 3.94. The highest BCUT2D eigenvalue weighted by molar-refractivity contribution is 7.89. The molecule has 0 unspecified atom stereocenters. The number of nitrogens with zero attached hydrogens (tertiary/aromatic N) is 1. The Hall–Kier alpha value is -1.38. The van der Waals surface area contributed by atoms with Crippen LogP contribution >= 0.6 is 12.2 Å². The first-order valence-electron chi connectivity index (χ1n) is 7.72. The quantitative estimate of drug-likeness (QED) is 0.761. The molecule has 0 aromatic heterocycles. The summed E-state index contributed by atoms with van der Waals surface area (Å²) >= 11 is 5.22. The smallest absolute Gasteiger partial charge is 0.243 e. The molecule has 1 aromatic carbocycles. The van der Waals surface area contributed by atoms with Crippen LogP contribution < -0.4 is 15.4 Å². The molecule has 1 aromatic rings. The average Bonchev–Trinajstić information content (AvgIpc) is 3.08. The van der Waals surface area contributed by atoms with Gasteiger partial charge in [-0.15, -0.1) is 0 Å². The van der Waals surface area contributed by atoms with E-state index in [-0.39, 0.29) is 4.90 Å². The van der Waals surface area contributed by atoms with Crippen molar-refractivity contribution < 1.29 is 13.2 Å². The van der Waals surface area contributed by atoms with Gasteiger partial charge >= 0.3 is 0 Å². The van der Waals surface area contributed by atoms with Gasteiger partial charge in [-0.3, -0.25) is 0 Å². The van der Waals surface area contributed by atoms with E-state index < -0.39 is 10.0 Å². The number of benzene rings is 1. The van der Waals surface area contributed by atoms with Crippen molar-refractivity contribution >= 4 is 33.0 Å². The highest BCUT2D eigenvalue weighted by Gasteiger charge is 2.27. The van der Waals surface area contributed by atoms with Crippen LogP contribution in [0.2, 0.25) is 0 Å². The molecule has 1 aliphatic heterocycles. The normalized spacial score (nSPS) is 15.4. The Morgan fingerprint density at radius 2 is 2.04 bits per heavy atom. The summed E-state index contributed by atoms with van der Waals surface area (Å²) in [6.07, 6.45) is 2.76. The van der Waals surface area contributed by atoms with Gasteiger partial charge in [0.05, 0.1) is 17.7 Å². The SMILES string of the molecule is CCCNC(=S)Nc1cc(S(=O)(=O)N2CCCC2)ccc1OC. The van der Waals surface area contributed by atoms with E-state index in [0.717, 1.165) is 25.8 Å². The Kier molecular flexibility index (Phi) is 6.20. The molecular weight excluding hydrogens is 334 g/mol. The molecule has 2 rings (SSSR count). The van der Waals surface area contributed by atoms with Crippen LogP contribution in [0.1, 0.15) is 26.2 Å². The lowest BCUT2D eigenvalue weighted by atomic mass is 10.3. The Labute approximate surface area is 143 Å². The summed E-state index contributed by atoms with van der Waals surface area (Å²) in [7, 11) is -1.93. The monoisotopic (exact) mass is 357 g/mol. The van der Waals surface area contributed by atoms with Crippen molar-refractivity contribution in [2.24, 2.45) is 0 Å². The van der Waals surface area contributed by atoms with Crippen molar-refractivity contribution in [2.75, 3.05) is 32.1 Å². The van der Waals surface area contributed by atoms with E-state index in [9.17, 15) is 8.42 Å². The summed E-state index contributed by atoms with van der Waals surface area (Å²) in [5, 5.41) is 6.51. The molecule has 23 heavy (non-hydrogen) atoms. The zero-order valence-corrected chi connectivity index (χ0v) is 15.1. The van der Waals surface area contributed by atoms with E-state index >= 15 is 0 Å². The number of thiocarbonyl (C=S) groups is 1. The van der Waals surface area contributed by atoms with E-state index in [0.29, 0.717) is 29.6 Å². The van der Waals surface area contributed by atoms with E-state index in [2.05, 4.69) is 10.6 Å². The first-order valence-corrected chi connectivity index (χ1v) is 9.57. The Bertz CT molecular complexity index is 656. The maximum absolute atomic E-state index is 12.7.